The Balaban J connectivity index is 2.07. The summed E-state index contributed by atoms with van der Waals surface area (Å²) in [5, 5.41) is 0. The summed E-state index contributed by atoms with van der Waals surface area (Å²) in [5.74, 6) is 0. The minimum atomic E-state index is 0.396. The van der Waals surface area contributed by atoms with Gasteiger partial charge in [0.2, 0.25) is 0 Å². The fourth-order valence-corrected chi connectivity index (χ4v) is 5.49. The number of fused-ring (bicyclic) bond motifs is 1. The summed E-state index contributed by atoms with van der Waals surface area (Å²) in [5.41, 5.74) is 7.43. The van der Waals surface area contributed by atoms with Crippen molar-refractivity contribution < 1.29 is 0 Å². The van der Waals surface area contributed by atoms with E-state index in [9.17, 15) is 0 Å². The Kier molecular flexibility index (Phi) is 5.77. The first-order valence-corrected chi connectivity index (χ1v) is 10.4. The van der Waals surface area contributed by atoms with Gasteiger partial charge in [0.15, 0.2) is 0 Å². The van der Waals surface area contributed by atoms with Crippen molar-refractivity contribution in [3.05, 3.63) is 52.4 Å². The predicted molar refractivity (Wildman–Crippen MR) is 116 cm³/mol. The Hall–Kier alpha value is -1.03. The summed E-state index contributed by atoms with van der Waals surface area (Å²) < 4.78 is 2.96. The van der Waals surface area contributed by atoms with Crippen LogP contribution < -0.4 is 4.72 Å². The molecule has 134 valence electrons. The molecule has 1 aliphatic rings. The summed E-state index contributed by atoms with van der Waals surface area (Å²) in [6.45, 7) is 12.2. The highest BCUT2D eigenvalue weighted by Crippen LogP contribution is 2.47. The SMILES string of the molecule is C=C(C)c1c(-c2ccccc2CCCNS)sc2c1CC(C)(C)CC2. The molecule has 2 aromatic rings. The number of rotatable bonds is 6. The maximum atomic E-state index is 4.33. The molecule has 0 saturated carbocycles. The molecule has 0 unspecified atom stereocenters. The van der Waals surface area contributed by atoms with E-state index >= 15 is 0 Å². The molecule has 0 spiro atoms. The zero-order valence-electron chi connectivity index (χ0n) is 15.6. The second kappa shape index (κ2) is 7.69. The van der Waals surface area contributed by atoms with Crippen molar-refractivity contribution in [1.29, 1.82) is 0 Å². The Labute approximate surface area is 162 Å². The van der Waals surface area contributed by atoms with Crippen LogP contribution >= 0.6 is 24.2 Å². The van der Waals surface area contributed by atoms with Crippen molar-refractivity contribution in [3.63, 3.8) is 0 Å². The minimum Gasteiger partial charge on any atom is -0.267 e. The lowest BCUT2D eigenvalue weighted by Crippen LogP contribution is -2.21. The van der Waals surface area contributed by atoms with E-state index in [0.29, 0.717) is 5.41 Å². The van der Waals surface area contributed by atoms with Crippen LogP contribution in [0.3, 0.4) is 0 Å². The molecule has 1 N–H and O–H groups in total. The average molecular weight is 372 g/mol. The fraction of sp³-hybridized carbons (Fsp3) is 0.455. The number of hydrogen-bond donors (Lipinski definition) is 2. The molecule has 3 rings (SSSR count). The van der Waals surface area contributed by atoms with E-state index < -0.39 is 0 Å². The molecular formula is C22H29NS2. The van der Waals surface area contributed by atoms with Gasteiger partial charge in [0, 0.05) is 16.3 Å². The quantitative estimate of drug-likeness (QED) is 0.446. The van der Waals surface area contributed by atoms with Gasteiger partial charge in [-0.05, 0) is 72.3 Å². The fourth-order valence-electron chi connectivity index (χ4n) is 3.88. The number of nitrogens with one attached hydrogen (secondary N) is 1. The third kappa shape index (κ3) is 4.05. The van der Waals surface area contributed by atoms with E-state index in [1.165, 1.54) is 46.4 Å². The molecule has 1 aromatic carbocycles. The van der Waals surface area contributed by atoms with Crippen molar-refractivity contribution >= 4 is 29.7 Å². The van der Waals surface area contributed by atoms with E-state index in [1.807, 2.05) is 11.3 Å². The van der Waals surface area contributed by atoms with E-state index in [2.05, 4.69) is 69.2 Å². The van der Waals surface area contributed by atoms with Crippen LogP contribution in [-0.2, 0) is 19.3 Å². The number of benzene rings is 1. The van der Waals surface area contributed by atoms with Crippen molar-refractivity contribution in [1.82, 2.24) is 4.72 Å². The van der Waals surface area contributed by atoms with Crippen LogP contribution in [0.15, 0.2) is 30.8 Å². The van der Waals surface area contributed by atoms with Crippen molar-refractivity contribution in [2.75, 3.05) is 6.54 Å². The maximum absolute atomic E-state index is 4.33. The van der Waals surface area contributed by atoms with Crippen LogP contribution in [0.4, 0.5) is 0 Å². The lowest BCUT2D eigenvalue weighted by Gasteiger charge is -2.30. The van der Waals surface area contributed by atoms with E-state index in [-0.39, 0.29) is 0 Å². The van der Waals surface area contributed by atoms with Gasteiger partial charge < -0.3 is 0 Å². The van der Waals surface area contributed by atoms with Crippen molar-refractivity contribution in [2.24, 2.45) is 5.41 Å². The first-order valence-electron chi connectivity index (χ1n) is 9.18. The molecule has 3 heteroatoms. The first-order chi connectivity index (χ1) is 11.9. The Morgan fingerprint density at radius 2 is 2.08 bits per heavy atom. The zero-order chi connectivity index (χ0) is 18.0. The third-order valence-corrected chi connectivity index (χ3v) is 6.75. The molecule has 0 radical (unpaired) electrons. The van der Waals surface area contributed by atoms with Crippen LogP contribution in [0.2, 0.25) is 0 Å². The highest BCUT2D eigenvalue weighted by molar-refractivity contribution is 7.78. The average Bonchev–Trinajstić information content (AvgIpc) is 2.93. The van der Waals surface area contributed by atoms with Gasteiger partial charge in [0.1, 0.15) is 0 Å². The van der Waals surface area contributed by atoms with Gasteiger partial charge in [-0.1, -0.05) is 57.5 Å². The smallest absolute Gasteiger partial charge is 0.0426 e. The summed E-state index contributed by atoms with van der Waals surface area (Å²) in [4.78, 5) is 3.02. The highest BCUT2D eigenvalue weighted by Gasteiger charge is 2.31. The molecule has 1 heterocycles. The standard InChI is InChI=1S/C22H29NS2/c1-15(2)20-18-14-22(3,4)12-11-19(18)25-21(20)17-10-6-5-8-16(17)9-7-13-23-24/h5-6,8,10,23-24H,1,7,9,11-14H2,2-4H3. The molecule has 1 nitrogen and oxygen atoms in total. The molecule has 0 saturated heterocycles. The third-order valence-electron chi connectivity index (χ3n) is 5.20. The van der Waals surface area contributed by atoms with Crippen LogP contribution in [0.1, 0.15) is 55.2 Å². The number of aryl methyl sites for hydroxylation is 2. The molecule has 25 heavy (non-hydrogen) atoms. The molecule has 1 aromatic heterocycles. The predicted octanol–water partition coefficient (Wildman–Crippen LogP) is 6.33. The number of allylic oxidation sites excluding steroid dienone is 1. The molecule has 0 aliphatic heterocycles. The number of thiophene rings is 1. The molecular weight excluding hydrogens is 342 g/mol. The maximum Gasteiger partial charge on any atom is 0.0426 e. The minimum absolute atomic E-state index is 0.396. The molecule has 0 fully saturated rings. The topological polar surface area (TPSA) is 12.0 Å². The highest BCUT2D eigenvalue weighted by atomic mass is 32.1. The van der Waals surface area contributed by atoms with Gasteiger partial charge in [0.25, 0.3) is 0 Å². The van der Waals surface area contributed by atoms with E-state index in [4.69, 9.17) is 0 Å². The number of hydrogen-bond acceptors (Lipinski definition) is 3. The van der Waals surface area contributed by atoms with Gasteiger partial charge in [-0.25, -0.2) is 0 Å². The van der Waals surface area contributed by atoms with Gasteiger partial charge in [-0.2, -0.15) is 0 Å². The van der Waals surface area contributed by atoms with E-state index in [0.717, 1.165) is 19.4 Å². The summed E-state index contributed by atoms with van der Waals surface area (Å²) >= 11 is 6.12. The summed E-state index contributed by atoms with van der Waals surface area (Å²) in [6, 6.07) is 8.89. The van der Waals surface area contributed by atoms with Crippen molar-refractivity contribution in [3.8, 4) is 10.4 Å². The summed E-state index contributed by atoms with van der Waals surface area (Å²) in [7, 11) is 0. The normalized spacial score (nSPS) is 15.8. The van der Waals surface area contributed by atoms with Crippen LogP contribution in [0, 0.1) is 5.41 Å². The first kappa shape index (κ1) is 18.8. The van der Waals surface area contributed by atoms with Gasteiger partial charge in [-0.15, -0.1) is 11.3 Å². The monoisotopic (exact) mass is 371 g/mol. The molecule has 0 bridgehead atoms. The number of thiol groups is 1. The lowest BCUT2D eigenvalue weighted by atomic mass is 9.75. The Morgan fingerprint density at radius 1 is 1.32 bits per heavy atom. The zero-order valence-corrected chi connectivity index (χ0v) is 17.3. The van der Waals surface area contributed by atoms with Crippen LogP contribution in [-0.4, -0.2) is 6.54 Å². The van der Waals surface area contributed by atoms with Crippen molar-refractivity contribution in [2.45, 2.75) is 52.9 Å². The van der Waals surface area contributed by atoms with Gasteiger partial charge >= 0.3 is 0 Å². The lowest BCUT2D eigenvalue weighted by molar-refractivity contribution is 0.317. The van der Waals surface area contributed by atoms with Gasteiger partial charge in [-0.3, -0.25) is 4.72 Å². The van der Waals surface area contributed by atoms with Crippen LogP contribution in [0.5, 0.6) is 0 Å². The molecule has 0 amide bonds. The molecule has 1 aliphatic carbocycles. The molecule has 0 atom stereocenters. The van der Waals surface area contributed by atoms with Crippen LogP contribution in [0.25, 0.3) is 16.0 Å². The Morgan fingerprint density at radius 3 is 2.80 bits per heavy atom. The van der Waals surface area contributed by atoms with E-state index in [1.54, 1.807) is 10.4 Å². The largest absolute Gasteiger partial charge is 0.267 e. The Bertz CT molecular complexity index is 770. The summed E-state index contributed by atoms with van der Waals surface area (Å²) in [6.07, 6.45) is 5.84. The van der Waals surface area contributed by atoms with Gasteiger partial charge in [0.05, 0.1) is 0 Å². The second-order valence-electron chi connectivity index (χ2n) is 8.00. The second-order valence-corrected chi connectivity index (χ2v) is 9.42.